The Morgan fingerprint density at radius 1 is 1.05 bits per heavy atom. The van der Waals surface area contributed by atoms with E-state index in [-0.39, 0.29) is 4.90 Å². The van der Waals surface area contributed by atoms with Gasteiger partial charge < -0.3 is 5.11 Å². The summed E-state index contributed by atoms with van der Waals surface area (Å²) in [6, 6.07) is 13.6. The van der Waals surface area contributed by atoms with Crippen molar-refractivity contribution in [1.82, 2.24) is 0 Å². The lowest BCUT2D eigenvalue weighted by Gasteiger charge is -2.16. The number of aliphatic hydroxyl groups is 1. The lowest BCUT2D eigenvalue weighted by Crippen LogP contribution is -2.17. The van der Waals surface area contributed by atoms with Crippen molar-refractivity contribution in [3.63, 3.8) is 0 Å². The molecule has 0 heterocycles. The minimum absolute atomic E-state index is 0.227. The molecule has 0 aliphatic rings. The molecule has 5 heteroatoms. The maximum Gasteiger partial charge on any atom is 0.187 e. The predicted octanol–water partition coefficient (Wildman–Crippen LogP) is 3.26. The Bertz CT molecular complexity index is 676. The molecule has 0 radical (unpaired) electrons. The van der Waals surface area contributed by atoms with Crippen LogP contribution < -0.4 is 0 Å². The molecule has 2 aromatic carbocycles. The first-order valence-electron chi connectivity index (χ1n) is 6.12. The number of aryl methyl sites for hydroxylation is 1. The van der Waals surface area contributed by atoms with Crippen LogP contribution in [0.4, 0.5) is 0 Å². The highest BCUT2D eigenvalue weighted by molar-refractivity contribution is 9.10. The lowest BCUT2D eigenvalue weighted by molar-refractivity contribution is 0.291. The number of halogens is 1. The molecule has 0 amide bonds. The van der Waals surface area contributed by atoms with Crippen LogP contribution in [0.25, 0.3) is 0 Å². The van der Waals surface area contributed by atoms with Crippen LogP contribution in [-0.2, 0) is 9.84 Å². The molecular weight excluding hydrogens is 340 g/mol. The van der Waals surface area contributed by atoms with Crippen LogP contribution in [0.5, 0.6) is 0 Å². The summed E-state index contributed by atoms with van der Waals surface area (Å²) in [4.78, 5) is 0.227. The Balaban J connectivity index is 2.44. The highest BCUT2D eigenvalue weighted by Gasteiger charge is 2.28. The Hall–Kier alpha value is -1.17. The van der Waals surface area contributed by atoms with Gasteiger partial charge in [0.25, 0.3) is 0 Å². The minimum Gasteiger partial charge on any atom is -0.395 e. The molecule has 0 spiro atoms. The Morgan fingerprint density at radius 3 is 2.10 bits per heavy atom. The molecule has 0 fully saturated rings. The summed E-state index contributed by atoms with van der Waals surface area (Å²) in [6.45, 7) is 1.45. The molecule has 2 rings (SSSR count). The van der Waals surface area contributed by atoms with Crippen molar-refractivity contribution >= 4 is 25.8 Å². The first kappa shape index (κ1) is 15.2. The van der Waals surface area contributed by atoms with E-state index in [1.54, 1.807) is 48.5 Å². The van der Waals surface area contributed by atoms with Crippen LogP contribution in [0.2, 0.25) is 0 Å². The molecule has 0 bridgehead atoms. The van der Waals surface area contributed by atoms with Crippen LogP contribution in [0, 0.1) is 6.92 Å². The molecule has 0 aliphatic carbocycles. The van der Waals surface area contributed by atoms with Crippen molar-refractivity contribution in [3.05, 3.63) is 64.1 Å². The Morgan fingerprint density at radius 2 is 1.60 bits per heavy atom. The molecule has 0 aliphatic heterocycles. The van der Waals surface area contributed by atoms with Crippen LogP contribution >= 0.6 is 15.9 Å². The van der Waals surface area contributed by atoms with Gasteiger partial charge in [-0.1, -0.05) is 45.8 Å². The van der Waals surface area contributed by atoms with Crippen molar-refractivity contribution < 1.29 is 13.5 Å². The van der Waals surface area contributed by atoms with Gasteiger partial charge in [0.15, 0.2) is 9.84 Å². The maximum atomic E-state index is 12.6. The number of aliphatic hydroxyl groups excluding tert-OH is 1. The molecule has 2 aromatic rings. The molecule has 1 atom stereocenters. The standard InChI is InChI=1S/C15H15BrO3S/c1-11-2-8-14(9-3-11)20(18,19)15(10-17)12-4-6-13(16)7-5-12/h2-9,15,17H,10H2,1H3/t15-/m1/s1. The lowest BCUT2D eigenvalue weighted by atomic mass is 10.1. The molecule has 106 valence electrons. The molecular formula is C15H15BrO3S. The number of hydrogen-bond donors (Lipinski definition) is 1. The minimum atomic E-state index is -3.60. The highest BCUT2D eigenvalue weighted by atomic mass is 79.9. The second-order valence-electron chi connectivity index (χ2n) is 4.58. The van der Waals surface area contributed by atoms with Crippen molar-refractivity contribution in [2.24, 2.45) is 0 Å². The van der Waals surface area contributed by atoms with Crippen LogP contribution in [-0.4, -0.2) is 20.1 Å². The molecule has 0 saturated heterocycles. The van der Waals surface area contributed by atoms with E-state index in [0.717, 1.165) is 10.0 Å². The van der Waals surface area contributed by atoms with E-state index in [0.29, 0.717) is 5.56 Å². The zero-order chi connectivity index (χ0) is 14.8. The summed E-state index contributed by atoms with van der Waals surface area (Å²) < 4.78 is 26.0. The number of hydrogen-bond acceptors (Lipinski definition) is 3. The van der Waals surface area contributed by atoms with Gasteiger partial charge in [-0.3, -0.25) is 0 Å². The van der Waals surface area contributed by atoms with Crippen molar-refractivity contribution in [2.75, 3.05) is 6.61 Å². The topological polar surface area (TPSA) is 54.4 Å². The molecule has 20 heavy (non-hydrogen) atoms. The third-order valence-electron chi connectivity index (χ3n) is 3.13. The van der Waals surface area contributed by atoms with Gasteiger partial charge in [0.05, 0.1) is 11.5 Å². The quantitative estimate of drug-likeness (QED) is 0.916. The third-order valence-corrected chi connectivity index (χ3v) is 5.76. The number of sulfone groups is 1. The van der Waals surface area contributed by atoms with E-state index in [4.69, 9.17) is 0 Å². The maximum absolute atomic E-state index is 12.6. The normalized spacial score (nSPS) is 13.2. The number of rotatable bonds is 4. The van der Waals surface area contributed by atoms with Crippen LogP contribution in [0.15, 0.2) is 57.9 Å². The van der Waals surface area contributed by atoms with Crippen molar-refractivity contribution in [1.29, 1.82) is 0 Å². The monoisotopic (exact) mass is 354 g/mol. The molecule has 0 saturated carbocycles. The van der Waals surface area contributed by atoms with Gasteiger partial charge in [0.1, 0.15) is 5.25 Å². The van der Waals surface area contributed by atoms with Gasteiger partial charge in [-0.15, -0.1) is 0 Å². The molecule has 0 unspecified atom stereocenters. The van der Waals surface area contributed by atoms with Gasteiger partial charge in [-0.25, -0.2) is 8.42 Å². The van der Waals surface area contributed by atoms with E-state index >= 15 is 0 Å². The van der Waals surface area contributed by atoms with Crippen LogP contribution in [0.1, 0.15) is 16.4 Å². The van der Waals surface area contributed by atoms with Gasteiger partial charge in [-0.2, -0.15) is 0 Å². The van der Waals surface area contributed by atoms with E-state index in [1.807, 2.05) is 6.92 Å². The fourth-order valence-corrected chi connectivity index (χ4v) is 3.77. The van der Waals surface area contributed by atoms with Crippen molar-refractivity contribution in [2.45, 2.75) is 17.1 Å². The summed E-state index contributed by atoms with van der Waals surface area (Å²) in [5.74, 6) is 0. The van der Waals surface area contributed by atoms with E-state index in [9.17, 15) is 13.5 Å². The summed E-state index contributed by atoms with van der Waals surface area (Å²) in [7, 11) is -3.60. The van der Waals surface area contributed by atoms with E-state index in [1.165, 1.54) is 0 Å². The predicted molar refractivity (Wildman–Crippen MR) is 82.3 cm³/mol. The summed E-state index contributed by atoms with van der Waals surface area (Å²) in [6.07, 6.45) is 0. The second-order valence-corrected chi connectivity index (χ2v) is 7.63. The first-order chi connectivity index (χ1) is 9.45. The van der Waals surface area contributed by atoms with Gasteiger partial charge in [-0.05, 0) is 36.8 Å². The smallest absolute Gasteiger partial charge is 0.187 e. The third kappa shape index (κ3) is 3.11. The van der Waals surface area contributed by atoms with E-state index in [2.05, 4.69) is 15.9 Å². The van der Waals surface area contributed by atoms with Gasteiger partial charge >= 0.3 is 0 Å². The van der Waals surface area contributed by atoms with E-state index < -0.39 is 21.7 Å². The fourth-order valence-electron chi connectivity index (χ4n) is 1.95. The molecule has 3 nitrogen and oxygen atoms in total. The van der Waals surface area contributed by atoms with Gasteiger partial charge in [0.2, 0.25) is 0 Å². The summed E-state index contributed by atoms with van der Waals surface area (Å²) in [5, 5.41) is 8.56. The SMILES string of the molecule is Cc1ccc(S(=O)(=O)[C@H](CO)c2ccc(Br)cc2)cc1. The molecule has 0 aromatic heterocycles. The average molecular weight is 355 g/mol. The summed E-state index contributed by atoms with van der Waals surface area (Å²) in [5.41, 5.74) is 1.57. The first-order valence-corrected chi connectivity index (χ1v) is 8.46. The molecule has 1 N–H and O–H groups in total. The summed E-state index contributed by atoms with van der Waals surface area (Å²) >= 11 is 3.31. The fraction of sp³-hybridized carbons (Fsp3) is 0.200. The second kappa shape index (κ2) is 6.08. The Labute approximate surface area is 127 Å². The average Bonchev–Trinajstić information content (AvgIpc) is 2.42. The highest BCUT2D eigenvalue weighted by Crippen LogP contribution is 2.29. The van der Waals surface area contributed by atoms with Crippen LogP contribution in [0.3, 0.4) is 0 Å². The Kier molecular flexibility index (Phi) is 4.62. The zero-order valence-electron chi connectivity index (χ0n) is 11.0. The number of benzene rings is 2. The van der Waals surface area contributed by atoms with Crippen molar-refractivity contribution in [3.8, 4) is 0 Å². The van der Waals surface area contributed by atoms with Gasteiger partial charge in [0, 0.05) is 4.47 Å². The largest absolute Gasteiger partial charge is 0.395 e. The zero-order valence-corrected chi connectivity index (χ0v) is 13.4.